The van der Waals surface area contributed by atoms with Crippen LogP contribution in [0.3, 0.4) is 0 Å². The Bertz CT molecular complexity index is 1010. The van der Waals surface area contributed by atoms with Gasteiger partial charge in [-0.2, -0.15) is 0 Å². The first-order valence-corrected chi connectivity index (χ1v) is 9.78. The number of nitro groups is 1. The zero-order valence-electron chi connectivity index (χ0n) is 15.2. The molecule has 2 heterocycles. The van der Waals surface area contributed by atoms with Gasteiger partial charge in [0, 0.05) is 41.1 Å². The van der Waals surface area contributed by atoms with Gasteiger partial charge >= 0.3 is 0 Å². The lowest BCUT2D eigenvalue weighted by Crippen LogP contribution is -2.13. The van der Waals surface area contributed by atoms with Crippen LogP contribution < -0.4 is 4.74 Å². The standard InChI is InChI=1S/C19H18N4O4S/c1-2-22-18(13-6-4-3-5-7-13)20-21-19(22)28-11-15-9-16(23(24)25)8-14-10-26-12-27-17(14)15/h3-9H,2,10-12H2,1H3. The largest absolute Gasteiger partial charge is 0.467 e. The van der Waals surface area contributed by atoms with Crippen LogP contribution in [-0.4, -0.2) is 26.5 Å². The van der Waals surface area contributed by atoms with Crippen LogP contribution in [-0.2, 0) is 23.6 Å². The van der Waals surface area contributed by atoms with E-state index in [-0.39, 0.29) is 12.5 Å². The fourth-order valence-electron chi connectivity index (χ4n) is 3.12. The van der Waals surface area contributed by atoms with Gasteiger partial charge in [-0.05, 0) is 6.92 Å². The summed E-state index contributed by atoms with van der Waals surface area (Å²) in [6.45, 7) is 3.20. The molecule has 0 fully saturated rings. The minimum Gasteiger partial charge on any atom is -0.467 e. The summed E-state index contributed by atoms with van der Waals surface area (Å²) >= 11 is 1.48. The van der Waals surface area contributed by atoms with E-state index in [4.69, 9.17) is 9.47 Å². The molecule has 2 aromatic carbocycles. The summed E-state index contributed by atoms with van der Waals surface area (Å²) in [6.07, 6.45) is 0. The molecule has 0 aliphatic carbocycles. The Balaban J connectivity index is 1.63. The third kappa shape index (κ3) is 3.58. The Morgan fingerprint density at radius 1 is 1.25 bits per heavy atom. The minimum absolute atomic E-state index is 0.0328. The van der Waals surface area contributed by atoms with Crippen molar-refractivity contribution in [2.24, 2.45) is 0 Å². The maximum atomic E-state index is 11.3. The van der Waals surface area contributed by atoms with Crippen LogP contribution in [0, 0.1) is 10.1 Å². The normalized spacial score (nSPS) is 13.0. The zero-order chi connectivity index (χ0) is 19.5. The molecule has 1 aliphatic heterocycles. The van der Waals surface area contributed by atoms with Crippen LogP contribution in [0.2, 0.25) is 0 Å². The lowest BCUT2D eigenvalue weighted by molar-refractivity contribution is -0.385. The second-order valence-electron chi connectivity index (χ2n) is 6.17. The maximum absolute atomic E-state index is 11.3. The highest BCUT2D eigenvalue weighted by Crippen LogP contribution is 2.36. The van der Waals surface area contributed by atoms with E-state index in [2.05, 4.69) is 10.2 Å². The fourth-order valence-corrected chi connectivity index (χ4v) is 4.09. The SMILES string of the molecule is CCn1c(SCc2cc([N+](=O)[O-])cc3c2OCOC3)nnc1-c1ccccc1. The summed E-state index contributed by atoms with van der Waals surface area (Å²) in [5.41, 5.74) is 2.48. The number of nitro benzene ring substituents is 1. The number of nitrogens with zero attached hydrogens (tertiary/aromatic N) is 4. The molecule has 0 unspecified atom stereocenters. The highest BCUT2D eigenvalue weighted by molar-refractivity contribution is 7.98. The zero-order valence-corrected chi connectivity index (χ0v) is 16.0. The minimum atomic E-state index is -0.398. The van der Waals surface area contributed by atoms with Crippen molar-refractivity contribution in [3.8, 4) is 17.1 Å². The predicted octanol–water partition coefficient (Wildman–Crippen LogP) is 4.03. The quantitative estimate of drug-likeness (QED) is 0.351. The van der Waals surface area contributed by atoms with Gasteiger partial charge in [-0.3, -0.25) is 10.1 Å². The molecular weight excluding hydrogens is 380 g/mol. The molecule has 0 bridgehead atoms. The number of hydrogen-bond donors (Lipinski definition) is 0. The summed E-state index contributed by atoms with van der Waals surface area (Å²) < 4.78 is 12.9. The van der Waals surface area contributed by atoms with E-state index in [9.17, 15) is 10.1 Å². The number of aromatic nitrogens is 3. The first-order valence-electron chi connectivity index (χ1n) is 8.79. The van der Waals surface area contributed by atoms with Crippen LogP contribution in [0.25, 0.3) is 11.4 Å². The molecule has 0 atom stereocenters. The van der Waals surface area contributed by atoms with E-state index in [1.807, 2.05) is 41.8 Å². The Morgan fingerprint density at radius 3 is 2.82 bits per heavy atom. The van der Waals surface area contributed by atoms with Gasteiger partial charge < -0.3 is 14.0 Å². The molecule has 1 aromatic heterocycles. The van der Waals surface area contributed by atoms with Gasteiger partial charge in [0.05, 0.1) is 11.5 Å². The second kappa shape index (κ2) is 7.99. The monoisotopic (exact) mass is 398 g/mol. The molecule has 0 spiro atoms. The number of thioether (sulfide) groups is 1. The van der Waals surface area contributed by atoms with E-state index >= 15 is 0 Å². The smallest absolute Gasteiger partial charge is 0.270 e. The molecule has 1 aliphatic rings. The van der Waals surface area contributed by atoms with Crippen molar-refractivity contribution in [1.82, 2.24) is 14.8 Å². The first-order chi connectivity index (χ1) is 13.7. The first kappa shape index (κ1) is 18.5. The number of ether oxygens (including phenoxy) is 2. The van der Waals surface area contributed by atoms with Crippen molar-refractivity contribution in [2.45, 2.75) is 31.0 Å². The Labute approximate surface area is 165 Å². The van der Waals surface area contributed by atoms with Crippen LogP contribution in [0.5, 0.6) is 5.75 Å². The van der Waals surface area contributed by atoms with E-state index in [1.54, 1.807) is 6.07 Å². The van der Waals surface area contributed by atoms with Crippen molar-refractivity contribution in [1.29, 1.82) is 0 Å². The van der Waals surface area contributed by atoms with Gasteiger partial charge in [0.25, 0.3) is 5.69 Å². The van der Waals surface area contributed by atoms with Crippen molar-refractivity contribution < 1.29 is 14.4 Å². The molecule has 28 heavy (non-hydrogen) atoms. The van der Waals surface area contributed by atoms with Crippen molar-refractivity contribution in [3.63, 3.8) is 0 Å². The summed E-state index contributed by atoms with van der Waals surface area (Å²) in [5, 5.41) is 20.7. The average molecular weight is 398 g/mol. The number of hydrogen-bond acceptors (Lipinski definition) is 7. The summed E-state index contributed by atoms with van der Waals surface area (Å²) in [5.74, 6) is 1.95. The molecule has 0 saturated heterocycles. The van der Waals surface area contributed by atoms with E-state index in [0.29, 0.717) is 23.7 Å². The molecule has 8 nitrogen and oxygen atoms in total. The molecule has 4 rings (SSSR count). The van der Waals surface area contributed by atoms with E-state index in [1.165, 1.54) is 17.8 Å². The summed E-state index contributed by atoms with van der Waals surface area (Å²) in [6, 6.07) is 12.9. The van der Waals surface area contributed by atoms with E-state index < -0.39 is 4.92 Å². The fraction of sp³-hybridized carbons (Fsp3) is 0.263. The number of benzene rings is 2. The van der Waals surface area contributed by atoms with Gasteiger partial charge in [-0.25, -0.2) is 0 Å². The van der Waals surface area contributed by atoms with Crippen molar-refractivity contribution >= 4 is 17.4 Å². The van der Waals surface area contributed by atoms with Gasteiger partial charge in [0.1, 0.15) is 5.75 Å². The Morgan fingerprint density at radius 2 is 2.07 bits per heavy atom. The molecule has 144 valence electrons. The average Bonchev–Trinajstić information content (AvgIpc) is 3.15. The van der Waals surface area contributed by atoms with Gasteiger partial charge in [0.2, 0.25) is 0 Å². The third-order valence-corrected chi connectivity index (χ3v) is 5.42. The number of rotatable bonds is 6. The lowest BCUT2D eigenvalue weighted by atomic mass is 10.1. The van der Waals surface area contributed by atoms with Crippen LogP contribution in [0.15, 0.2) is 47.6 Å². The van der Waals surface area contributed by atoms with Crippen molar-refractivity contribution in [3.05, 3.63) is 63.7 Å². The van der Waals surface area contributed by atoms with Gasteiger partial charge in [-0.15, -0.1) is 10.2 Å². The Hall–Kier alpha value is -2.91. The highest BCUT2D eigenvalue weighted by atomic mass is 32.2. The number of fused-ring (bicyclic) bond motifs is 1. The lowest BCUT2D eigenvalue weighted by Gasteiger charge is -2.20. The van der Waals surface area contributed by atoms with Gasteiger partial charge in [-0.1, -0.05) is 42.1 Å². The van der Waals surface area contributed by atoms with Crippen LogP contribution >= 0.6 is 11.8 Å². The maximum Gasteiger partial charge on any atom is 0.270 e. The molecule has 0 amide bonds. The summed E-state index contributed by atoms with van der Waals surface area (Å²) in [4.78, 5) is 10.9. The van der Waals surface area contributed by atoms with Crippen LogP contribution in [0.4, 0.5) is 5.69 Å². The third-order valence-electron chi connectivity index (χ3n) is 4.40. The molecule has 9 heteroatoms. The molecule has 0 saturated carbocycles. The van der Waals surface area contributed by atoms with E-state index in [0.717, 1.165) is 28.7 Å². The van der Waals surface area contributed by atoms with Gasteiger partial charge in [0.15, 0.2) is 17.8 Å². The van der Waals surface area contributed by atoms with Crippen LogP contribution in [0.1, 0.15) is 18.1 Å². The molecular formula is C19H18N4O4S. The topological polar surface area (TPSA) is 92.3 Å². The second-order valence-corrected chi connectivity index (χ2v) is 7.11. The highest BCUT2D eigenvalue weighted by Gasteiger charge is 2.22. The molecule has 3 aromatic rings. The van der Waals surface area contributed by atoms with Crippen molar-refractivity contribution in [2.75, 3.05) is 6.79 Å². The molecule has 0 N–H and O–H groups in total. The Kier molecular flexibility index (Phi) is 5.27. The number of non-ortho nitro benzene ring substituents is 1. The summed E-state index contributed by atoms with van der Waals surface area (Å²) in [7, 11) is 0. The predicted molar refractivity (Wildman–Crippen MR) is 104 cm³/mol. The molecule has 0 radical (unpaired) electrons.